The van der Waals surface area contributed by atoms with E-state index < -0.39 is 0 Å². The van der Waals surface area contributed by atoms with Crippen LogP contribution in [-0.2, 0) is 6.54 Å². The third kappa shape index (κ3) is 2.35. The molecule has 0 unspecified atom stereocenters. The summed E-state index contributed by atoms with van der Waals surface area (Å²) in [6.07, 6.45) is 2.86. The molecule has 2 aromatic rings. The lowest BCUT2D eigenvalue weighted by Gasteiger charge is -2.01. The molecule has 0 atom stereocenters. The van der Waals surface area contributed by atoms with E-state index in [-0.39, 0.29) is 18.0 Å². The number of amides is 1. The number of carbonyl (C=O) groups excluding carboxylic acids is 1. The van der Waals surface area contributed by atoms with E-state index in [4.69, 9.17) is 4.52 Å². The number of carbonyl (C=O) groups is 1. The molecule has 2 aromatic heterocycles. The molecule has 0 radical (unpaired) electrons. The highest BCUT2D eigenvalue weighted by Gasteiger charge is 2.05. The van der Waals surface area contributed by atoms with Crippen molar-refractivity contribution in [3.8, 4) is 0 Å². The molecule has 0 bridgehead atoms. The zero-order chi connectivity index (χ0) is 11.4. The monoisotopic (exact) mass is 219 g/mol. The second kappa shape index (κ2) is 4.43. The Morgan fingerprint density at radius 1 is 1.44 bits per heavy atom. The summed E-state index contributed by atoms with van der Waals surface area (Å²) in [5.74, 6) is 0.283. The first kappa shape index (κ1) is 10.2. The molecule has 0 aromatic carbocycles. The van der Waals surface area contributed by atoms with E-state index >= 15 is 0 Å². The number of aromatic nitrogens is 2. The number of hydrogen-bond donors (Lipinski definition) is 2. The van der Waals surface area contributed by atoms with Crippen molar-refractivity contribution in [2.45, 2.75) is 6.54 Å². The van der Waals surface area contributed by atoms with Crippen molar-refractivity contribution in [1.82, 2.24) is 15.5 Å². The maximum absolute atomic E-state index is 11.6. The second-order valence-corrected chi connectivity index (χ2v) is 3.10. The lowest BCUT2D eigenvalue weighted by Crippen LogP contribution is -2.23. The quantitative estimate of drug-likeness (QED) is 0.776. The molecular formula is C10H9N3O3. The summed E-state index contributed by atoms with van der Waals surface area (Å²) in [4.78, 5) is 24.8. The smallest absolute Gasteiger partial charge is 0.253 e. The summed E-state index contributed by atoms with van der Waals surface area (Å²) in [7, 11) is 0. The molecule has 2 N–H and O–H groups in total. The molecule has 1 amide bonds. The summed E-state index contributed by atoms with van der Waals surface area (Å²) >= 11 is 0. The van der Waals surface area contributed by atoms with E-state index in [1.54, 1.807) is 6.07 Å². The summed E-state index contributed by atoms with van der Waals surface area (Å²) < 4.78 is 4.82. The lowest BCUT2D eigenvalue weighted by molar-refractivity contribution is 0.0946. The number of nitrogens with one attached hydrogen (secondary N) is 2. The third-order valence-electron chi connectivity index (χ3n) is 1.96. The van der Waals surface area contributed by atoms with Gasteiger partial charge in [-0.3, -0.25) is 9.59 Å². The molecule has 2 rings (SSSR count). The molecule has 0 spiro atoms. The van der Waals surface area contributed by atoms with E-state index in [2.05, 4.69) is 15.5 Å². The molecule has 6 heteroatoms. The zero-order valence-electron chi connectivity index (χ0n) is 8.27. The van der Waals surface area contributed by atoms with Gasteiger partial charge in [-0.25, -0.2) is 0 Å². The minimum atomic E-state index is -0.285. The van der Waals surface area contributed by atoms with E-state index in [0.29, 0.717) is 11.3 Å². The molecule has 82 valence electrons. The van der Waals surface area contributed by atoms with Crippen LogP contribution in [0.2, 0.25) is 0 Å². The van der Waals surface area contributed by atoms with Crippen molar-refractivity contribution in [1.29, 1.82) is 0 Å². The van der Waals surface area contributed by atoms with Crippen LogP contribution in [0.25, 0.3) is 0 Å². The maximum atomic E-state index is 11.6. The number of aromatic amines is 1. The summed E-state index contributed by atoms with van der Waals surface area (Å²) in [6, 6.07) is 4.41. The van der Waals surface area contributed by atoms with Crippen molar-refractivity contribution in [3.05, 3.63) is 52.3 Å². The van der Waals surface area contributed by atoms with Gasteiger partial charge in [-0.15, -0.1) is 0 Å². The van der Waals surface area contributed by atoms with Gasteiger partial charge in [-0.2, -0.15) is 0 Å². The van der Waals surface area contributed by atoms with E-state index in [9.17, 15) is 9.59 Å². The van der Waals surface area contributed by atoms with Gasteiger partial charge in [0.1, 0.15) is 0 Å². The van der Waals surface area contributed by atoms with Crippen molar-refractivity contribution in [2.24, 2.45) is 0 Å². The van der Waals surface area contributed by atoms with Gasteiger partial charge < -0.3 is 14.8 Å². The van der Waals surface area contributed by atoms with Gasteiger partial charge in [0.05, 0.1) is 18.3 Å². The van der Waals surface area contributed by atoms with Gasteiger partial charge in [-0.05, 0) is 6.07 Å². The summed E-state index contributed by atoms with van der Waals surface area (Å²) in [5, 5.41) is 6.14. The topological polar surface area (TPSA) is 88.0 Å². The normalized spacial score (nSPS) is 10.0. The lowest BCUT2D eigenvalue weighted by atomic mass is 10.2. The predicted molar refractivity (Wildman–Crippen MR) is 54.7 cm³/mol. The Hall–Kier alpha value is -2.37. The molecule has 6 nitrogen and oxygen atoms in total. The standard InChI is InChI=1S/C10H9N3O3/c14-9-2-1-7(5-11-9)10(15)12-6-8-3-4-13-16-8/h1-5H,6H2,(H,11,14)(H,12,15). The Morgan fingerprint density at radius 2 is 2.31 bits per heavy atom. The number of pyridine rings is 1. The number of nitrogens with zero attached hydrogens (tertiary/aromatic N) is 1. The number of H-pyrrole nitrogens is 1. The number of rotatable bonds is 3. The van der Waals surface area contributed by atoms with Crippen LogP contribution in [0.1, 0.15) is 16.1 Å². The molecule has 0 saturated carbocycles. The van der Waals surface area contributed by atoms with Crippen LogP contribution in [0.15, 0.2) is 39.9 Å². The fraction of sp³-hybridized carbons (Fsp3) is 0.100. The van der Waals surface area contributed by atoms with Crippen LogP contribution in [-0.4, -0.2) is 16.0 Å². The second-order valence-electron chi connectivity index (χ2n) is 3.10. The Labute approximate surface area is 90.3 Å². The van der Waals surface area contributed by atoms with Crippen LogP contribution in [0.4, 0.5) is 0 Å². The van der Waals surface area contributed by atoms with Gasteiger partial charge in [0.15, 0.2) is 5.76 Å². The Balaban J connectivity index is 1.98. The van der Waals surface area contributed by atoms with Crippen LogP contribution in [0.5, 0.6) is 0 Å². The molecular weight excluding hydrogens is 210 g/mol. The van der Waals surface area contributed by atoms with Crippen LogP contribution in [0, 0.1) is 0 Å². The van der Waals surface area contributed by atoms with Gasteiger partial charge in [0, 0.05) is 18.3 Å². The van der Waals surface area contributed by atoms with Crippen LogP contribution < -0.4 is 10.9 Å². The minimum absolute atomic E-state index is 0.244. The molecule has 0 fully saturated rings. The third-order valence-corrected chi connectivity index (χ3v) is 1.96. The zero-order valence-corrected chi connectivity index (χ0v) is 8.27. The van der Waals surface area contributed by atoms with Crippen LogP contribution >= 0.6 is 0 Å². The van der Waals surface area contributed by atoms with Crippen molar-refractivity contribution in [3.63, 3.8) is 0 Å². The predicted octanol–water partition coefficient (Wildman–Crippen LogP) is 0.293. The van der Waals surface area contributed by atoms with E-state index in [0.717, 1.165) is 0 Å². The average Bonchev–Trinajstić information content (AvgIpc) is 2.80. The Bertz CT molecular complexity index is 510. The molecule has 0 aliphatic heterocycles. The maximum Gasteiger partial charge on any atom is 0.253 e. The summed E-state index contributed by atoms with van der Waals surface area (Å²) in [5.41, 5.74) is 0.144. The van der Waals surface area contributed by atoms with Crippen molar-refractivity contribution in [2.75, 3.05) is 0 Å². The average molecular weight is 219 g/mol. The van der Waals surface area contributed by atoms with Gasteiger partial charge in [0.25, 0.3) is 5.91 Å². The largest absolute Gasteiger partial charge is 0.360 e. The Morgan fingerprint density at radius 3 is 2.94 bits per heavy atom. The molecule has 0 aliphatic rings. The van der Waals surface area contributed by atoms with E-state index in [1.165, 1.54) is 24.5 Å². The molecule has 16 heavy (non-hydrogen) atoms. The van der Waals surface area contributed by atoms with Crippen LogP contribution in [0.3, 0.4) is 0 Å². The first-order valence-corrected chi connectivity index (χ1v) is 4.62. The van der Waals surface area contributed by atoms with Gasteiger partial charge in [0.2, 0.25) is 5.56 Å². The SMILES string of the molecule is O=C(NCc1ccno1)c1ccc(=O)[nH]c1. The molecule has 2 heterocycles. The summed E-state index contributed by atoms with van der Waals surface area (Å²) in [6.45, 7) is 0.262. The van der Waals surface area contributed by atoms with E-state index in [1.807, 2.05) is 0 Å². The fourth-order valence-corrected chi connectivity index (χ4v) is 1.15. The molecule has 0 saturated heterocycles. The Kier molecular flexibility index (Phi) is 2.81. The minimum Gasteiger partial charge on any atom is -0.360 e. The van der Waals surface area contributed by atoms with Crippen molar-refractivity contribution < 1.29 is 9.32 Å². The first-order valence-electron chi connectivity index (χ1n) is 4.62. The molecule has 0 aliphatic carbocycles. The highest BCUT2D eigenvalue weighted by Crippen LogP contribution is 1.97. The van der Waals surface area contributed by atoms with Gasteiger partial charge >= 0.3 is 0 Å². The van der Waals surface area contributed by atoms with Crippen molar-refractivity contribution >= 4 is 5.91 Å². The fourth-order valence-electron chi connectivity index (χ4n) is 1.15. The number of hydrogen-bond acceptors (Lipinski definition) is 4. The van der Waals surface area contributed by atoms with Gasteiger partial charge in [-0.1, -0.05) is 5.16 Å². The first-order chi connectivity index (χ1) is 7.75. The highest BCUT2D eigenvalue weighted by molar-refractivity contribution is 5.93. The highest BCUT2D eigenvalue weighted by atomic mass is 16.5.